The lowest BCUT2D eigenvalue weighted by Crippen LogP contribution is -2.00. The normalized spacial score (nSPS) is 12.6. The molecule has 0 aliphatic rings. The lowest BCUT2D eigenvalue weighted by Gasteiger charge is -2.14. The lowest BCUT2D eigenvalue weighted by molar-refractivity contribution is 0.635. The molecule has 0 amide bonds. The Balaban J connectivity index is 1.89. The molecule has 2 aromatic carbocycles. The molecule has 0 saturated heterocycles. The summed E-state index contributed by atoms with van der Waals surface area (Å²) < 4.78 is 0. The summed E-state index contributed by atoms with van der Waals surface area (Å²) in [5.74, 6) is 0. The quantitative estimate of drug-likeness (QED) is 0.265. The fourth-order valence-corrected chi connectivity index (χ4v) is 3.49. The van der Waals surface area contributed by atoms with Crippen LogP contribution in [-0.4, -0.2) is 5.25 Å². The molecule has 0 radical (unpaired) electrons. The first-order valence-electron chi connectivity index (χ1n) is 8.55. The van der Waals surface area contributed by atoms with Gasteiger partial charge in [-0.3, -0.25) is 0 Å². The van der Waals surface area contributed by atoms with Gasteiger partial charge in [-0.05, 0) is 49.2 Å². The Kier molecular flexibility index (Phi) is 7.88. The van der Waals surface area contributed by atoms with Gasteiger partial charge in [-0.25, -0.2) is 0 Å². The van der Waals surface area contributed by atoms with E-state index in [4.69, 9.17) is 0 Å². The predicted octanol–water partition coefficient (Wildman–Crippen LogP) is 7.55. The number of nitrogens with zero attached hydrogens (tertiary/aromatic N) is 2. The van der Waals surface area contributed by atoms with Crippen molar-refractivity contribution < 1.29 is 0 Å². The molecule has 0 aliphatic carbocycles. The van der Waals surface area contributed by atoms with Crippen LogP contribution in [0.25, 0.3) is 0 Å². The summed E-state index contributed by atoms with van der Waals surface area (Å²) in [6.45, 7) is 4.54. The average Bonchev–Trinajstić information content (AvgIpc) is 2.61. The fraction of sp³-hybridized carbons (Fsp3) is 0.400. The van der Waals surface area contributed by atoms with Crippen LogP contribution in [0, 0.1) is 0 Å². The van der Waals surface area contributed by atoms with Crippen LogP contribution in [0.2, 0.25) is 0 Å². The summed E-state index contributed by atoms with van der Waals surface area (Å²) in [5.41, 5.74) is 1.78. The molecule has 0 heterocycles. The van der Waals surface area contributed by atoms with Gasteiger partial charge < -0.3 is 0 Å². The van der Waals surface area contributed by atoms with E-state index in [1.807, 2.05) is 54.2 Å². The van der Waals surface area contributed by atoms with Gasteiger partial charge >= 0.3 is 0 Å². The van der Waals surface area contributed by atoms with Gasteiger partial charge in [0.2, 0.25) is 0 Å². The summed E-state index contributed by atoms with van der Waals surface area (Å²) in [6, 6.07) is 18.2. The number of benzene rings is 2. The fourth-order valence-electron chi connectivity index (χ4n) is 2.36. The number of thioether (sulfide) groups is 1. The van der Waals surface area contributed by atoms with Crippen LogP contribution in [0.5, 0.6) is 0 Å². The molecule has 23 heavy (non-hydrogen) atoms. The zero-order valence-electron chi connectivity index (χ0n) is 14.1. The minimum atomic E-state index is 0.721. The zero-order valence-corrected chi connectivity index (χ0v) is 14.9. The highest BCUT2D eigenvalue weighted by molar-refractivity contribution is 8.00. The molecule has 0 N–H and O–H groups in total. The molecule has 122 valence electrons. The van der Waals surface area contributed by atoms with Crippen molar-refractivity contribution in [3.63, 3.8) is 0 Å². The first-order chi connectivity index (χ1) is 11.3. The Morgan fingerprint density at radius 2 is 1.48 bits per heavy atom. The first kappa shape index (κ1) is 17.7. The van der Waals surface area contributed by atoms with Crippen molar-refractivity contribution in [3.8, 4) is 0 Å². The summed E-state index contributed by atoms with van der Waals surface area (Å²) in [6.07, 6.45) is 6.51. The van der Waals surface area contributed by atoms with Gasteiger partial charge in [0.1, 0.15) is 0 Å². The van der Waals surface area contributed by atoms with Gasteiger partial charge in [-0.2, -0.15) is 10.2 Å². The smallest absolute Gasteiger partial charge is 0.0857 e. The van der Waals surface area contributed by atoms with E-state index in [1.54, 1.807) is 0 Å². The molecule has 0 saturated carbocycles. The van der Waals surface area contributed by atoms with E-state index in [2.05, 4.69) is 36.2 Å². The van der Waals surface area contributed by atoms with Crippen LogP contribution in [0.1, 0.15) is 46.0 Å². The largest absolute Gasteiger partial charge is 0.151 e. The molecule has 2 nitrogen and oxygen atoms in total. The van der Waals surface area contributed by atoms with Crippen molar-refractivity contribution in [2.75, 3.05) is 0 Å². The van der Waals surface area contributed by atoms with E-state index < -0.39 is 0 Å². The monoisotopic (exact) mass is 326 g/mol. The Labute approximate surface area is 144 Å². The Morgan fingerprint density at radius 1 is 0.826 bits per heavy atom. The SMILES string of the molecule is CCCCCC(CC)Sc1ccc(/N=N/c2ccccc2)cc1. The van der Waals surface area contributed by atoms with Gasteiger partial charge in [0.25, 0.3) is 0 Å². The van der Waals surface area contributed by atoms with Crippen molar-refractivity contribution >= 4 is 23.1 Å². The summed E-state index contributed by atoms with van der Waals surface area (Å²) >= 11 is 1.99. The number of azo groups is 1. The molecule has 2 rings (SSSR count). The highest BCUT2D eigenvalue weighted by atomic mass is 32.2. The third-order valence-corrected chi connectivity index (χ3v) is 5.21. The van der Waals surface area contributed by atoms with Crippen LogP contribution < -0.4 is 0 Å². The van der Waals surface area contributed by atoms with E-state index in [0.717, 1.165) is 16.6 Å². The van der Waals surface area contributed by atoms with E-state index in [-0.39, 0.29) is 0 Å². The van der Waals surface area contributed by atoms with E-state index in [0.29, 0.717) is 0 Å². The van der Waals surface area contributed by atoms with E-state index in [9.17, 15) is 0 Å². The topological polar surface area (TPSA) is 24.7 Å². The van der Waals surface area contributed by atoms with E-state index in [1.165, 1.54) is 37.0 Å². The Hall–Kier alpha value is -1.61. The Morgan fingerprint density at radius 3 is 2.09 bits per heavy atom. The van der Waals surface area contributed by atoms with Crippen molar-refractivity contribution in [1.29, 1.82) is 0 Å². The van der Waals surface area contributed by atoms with Gasteiger partial charge in [0.15, 0.2) is 0 Å². The van der Waals surface area contributed by atoms with Crippen molar-refractivity contribution in [2.24, 2.45) is 10.2 Å². The van der Waals surface area contributed by atoms with Crippen molar-refractivity contribution in [3.05, 3.63) is 54.6 Å². The molecule has 3 heteroatoms. The number of hydrogen-bond donors (Lipinski definition) is 0. The molecular weight excluding hydrogens is 300 g/mol. The molecule has 2 aromatic rings. The van der Waals surface area contributed by atoms with Crippen molar-refractivity contribution in [1.82, 2.24) is 0 Å². The maximum Gasteiger partial charge on any atom is 0.0857 e. The van der Waals surface area contributed by atoms with Gasteiger partial charge in [-0.15, -0.1) is 11.8 Å². The number of rotatable bonds is 9. The average molecular weight is 327 g/mol. The molecule has 0 bridgehead atoms. The van der Waals surface area contributed by atoms with Gasteiger partial charge in [0, 0.05) is 10.1 Å². The van der Waals surface area contributed by atoms with Gasteiger partial charge in [-0.1, -0.05) is 51.3 Å². The predicted molar refractivity (Wildman–Crippen MR) is 101 cm³/mol. The van der Waals surface area contributed by atoms with Crippen molar-refractivity contribution in [2.45, 2.75) is 56.1 Å². The molecular formula is C20H26N2S. The zero-order chi connectivity index (χ0) is 16.3. The second-order valence-electron chi connectivity index (χ2n) is 5.67. The summed E-state index contributed by atoms with van der Waals surface area (Å²) in [7, 11) is 0. The second kappa shape index (κ2) is 10.2. The Bertz CT molecular complexity index is 578. The van der Waals surface area contributed by atoms with Gasteiger partial charge in [0.05, 0.1) is 11.4 Å². The third kappa shape index (κ3) is 6.57. The maximum absolute atomic E-state index is 4.29. The van der Waals surface area contributed by atoms with Crippen LogP contribution in [-0.2, 0) is 0 Å². The van der Waals surface area contributed by atoms with Crippen LogP contribution in [0.15, 0.2) is 69.7 Å². The standard InChI is InChI=1S/C20H26N2S/c1-3-5-7-12-19(4-2)23-20-15-13-18(14-16-20)22-21-17-10-8-6-9-11-17/h6,8-11,13-16,19H,3-5,7,12H2,1-2H3/b22-21+. The lowest BCUT2D eigenvalue weighted by atomic mass is 10.1. The highest BCUT2D eigenvalue weighted by Gasteiger charge is 2.07. The van der Waals surface area contributed by atoms with Crippen LogP contribution >= 0.6 is 11.8 Å². The molecule has 1 unspecified atom stereocenters. The molecule has 1 atom stereocenters. The summed E-state index contributed by atoms with van der Waals surface area (Å²) in [5, 5.41) is 9.27. The molecule has 0 aliphatic heterocycles. The molecule has 0 fully saturated rings. The van der Waals surface area contributed by atoms with Crippen LogP contribution in [0.3, 0.4) is 0 Å². The van der Waals surface area contributed by atoms with E-state index >= 15 is 0 Å². The second-order valence-corrected chi connectivity index (χ2v) is 7.05. The minimum absolute atomic E-state index is 0.721. The minimum Gasteiger partial charge on any atom is -0.151 e. The molecule has 0 spiro atoms. The summed E-state index contributed by atoms with van der Waals surface area (Å²) in [4.78, 5) is 1.33. The third-order valence-electron chi connectivity index (χ3n) is 3.76. The first-order valence-corrected chi connectivity index (χ1v) is 9.43. The number of unbranched alkanes of at least 4 members (excludes halogenated alkanes) is 2. The number of hydrogen-bond acceptors (Lipinski definition) is 3. The van der Waals surface area contributed by atoms with Crippen LogP contribution in [0.4, 0.5) is 11.4 Å². The highest BCUT2D eigenvalue weighted by Crippen LogP contribution is 2.30. The molecule has 0 aromatic heterocycles. The maximum atomic E-state index is 4.29.